The van der Waals surface area contributed by atoms with Gasteiger partial charge in [0.1, 0.15) is 5.82 Å². The van der Waals surface area contributed by atoms with E-state index < -0.39 is 11.8 Å². The molecule has 1 amide bonds. The maximum absolute atomic E-state index is 14.0. The van der Waals surface area contributed by atoms with Gasteiger partial charge in [-0.25, -0.2) is 9.18 Å². The number of aromatic carboxylic acids is 1. The van der Waals surface area contributed by atoms with Gasteiger partial charge in [0.25, 0.3) is 5.91 Å². The van der Waals surface area contributed by atoms with E-state index in [1.54, 1.807) is 4.90 Å². The highest BCUT2D eigenvalue weighted by Gasteiger charge is 2.28. The number of benzene rings is 1. The fourth-order valence-corrected chi connectivity index (χ4v) is 3.55. The molecule has 1 aliphatic heterocycles. The Morgan fingerprint density at radius 2 is 2.14 bits per heavy atom. The minimum atomic E-state index is -1.21. The average Bonchev–Trinajstić information content (AvgIpc) is 2.46. The summed E-state index contributed by atoms with van der Waals surface area (Å²) in [6.07, 6.45) is 0. The van der Waals surface area contributed by atoms with Crippen molar-refractivity contribution in [2.75, 3.05) is 18.8 Å². The fraction of sp³-hybridized carbons (Fsp3) is 0.467. The van der Waals surface area contributed by atoms with Crippen molar-refractivity contribution in [3.63, 3.8) is 0 Å². The number of halogens is 1. The van der Waals surface area contributed by atoms with Crippen molar-refractivity contribution >= 4 is 23.6 Å². The van der Waals surface area contributed by atoms with Gasteiger partial charge in [0.2, 0.25) is 0 Å². The maximum atomic E-state index is 14.0. The van der Waals surface area contributed by atoms with Crippen LogP contribution >= 0.6 is 11.8 Å². The van der Waals surface area contributed by atoms with Crippen LogP contribution in [0.15, 0.2) is 18.2 Å². The van der Waals surface area contributed by atoms with Crippen molar-refractivity contribution in [3.05, 3.63) is 35.1 Å². The summed E-state index contributed by atoms with van der Waals surface area (Å²) in [4.78, 5) is 24.8. The Labute approximate surface area is 127 Å². The number of thioether (sulfide) groups is 1. The van der Waals surface area contributed by atoms with Gasteiger partial charge in [-0.05, 0) is 24.1 Å². The average molecular weight is 311 g/mol. The Hall–Kier alpha value is -1.56. The number of hydrogen-bond donors (Lipinski definition) is 1. The van der Waals surface area contributed by atoms with E-state index in [2.05, 4.69) is 13.8 Å². The van der Waals surface area contributed by atoms with Gasteiger partial charge in [0.05, 0.1) is 11.1 Å². The number of amides is 1. The third-order valence-electron chi connectivity index (χ3n) is 3.57. The molecule has 1 N–H and O–H groups in total. The van der Waals surface area contributed by atoms with Gasteiger partial charge in [-0.1, -0.05) is 13.8 Å². The molecular formula is C15H18FNO3S. The Kier molecular flexibility index (Phi) is 4.88. The predicted octanol–water partition coefficient (Wildman–Crippen LogP) is 2.74. The highest BCUT2D eigenvalue weighted by molar-refractivity contribution is 8.00. The van der Waals surface area contributed by atoms with Gasteiger partial charge in [0, 0.05) is 24.1 Å². The third-order valence-corrected chi connectivity index (χ3v) is 5.11. The lowest BCUT2D eigenvalue weighted by Gasteiger charge is -2.34. The molecule has 1 aliphatic rings. The third kappa shape index (κ3) is 3.56. The van der Waals surface area contributed by atoms with Gasteiger partial charge in [0.15, 0.2) is 0 Å². The van der Waals surface area contributed by atoms with E-state index in [9.17, 15) is 14.0 Å². The van der Waals surface area contributed by atoms with Crippen LogP contribution in [0.4, 0.5) is 4.39 Å². The summed E-state index contributed by atoms with van der Waals surface area (Å²) >= 11 is 1.83. The van der Waals surface area contributed by atoms with Crippen LogP contribution in [0.5, 0.6) is 0 Å². The highest BCUT2D eigenvalue weighted by atomic mass is 32.2. The molecule has 114 valence electrons. The van der Waals surface area contributed by atoms with Crippen LogP contribution in [-0.2, 0) is 0 Å². The Bertz CT molecular complexity index is 562. The number of rotatable bonds is 3. The first-order chi connectivity index (χ1) is 9.90. The van der Waals surface area contributed by atoms with Crippen LogP contribution < -0.4 is 0 Å². The SMILES string of the molecule is CC(C)C1CN(C(=O)c2ccc(C(=O)O)cc2F)CCS1. The molecule has 0 aromatic heterocycles. The van der Waals surface area contributed by atoms with Crippen molar-refractivity contribution in [3.8, 4) is 0 Å². The molecule has 1 unspecified atom stereocenters. The van der Waals surface area contributed by atoms with Crippen LogP contribution in [-0.4, -0.2) is 46.0 Å². The molecule has 6 heteroatoms. The monoisotopic (exact) mass is 311 g/mol. The van der Waals surface area contributed by atoms with Gasteiger partial charge in [-0.2, -0.15) is 11.8 Å². The molecular weight excluding hydrogens is 293 g/mol. The topological polar surface area (TPSA) is 57.6 Å². The molecule has 0 radical (unpaired) electrons. The van der Waals surface area contributed by atoms with Crippen LogP contribution in [0.2, 0.25) is 0 Å². The van der Waals surface area contributed by atoms with Crippen molar-refractivity contribution in [1.82, 2.24) is 4.90 Å². The largest absolute Gasteiger partial charge is 0.478 e. The van der Waals surface area contributed by atoms with Crippen LogP contribution in [0, 0.1) is 11.7 Å². The molecule has 1 heterocycles. The molecule has 0 spiro atoms. The molecule has 1 aromatic rings. The van der Waals surface area contributed by atoms with E-state index in [1.165, 1.54) is 12.1 Å². The second-order valence-corrected chi connectivity index (χ2v) is 6.75. The number of carboxylic acid groups (broad SMARTS) is 1. The predicted molar refractivity (Wildman–Crippen MR) is 80.3 cm³/mol. The zero-order valence-corrected chi connectivity index (χ0v) is 12.8. The first kappa shape index (κ1) is 15.8. The van der Waals surface area contributed by atoms with Gasteiger partial charge >= 0.3 is 5.97 Å². The molecule has 1 fully saturated rings. The first-order valence-electron chi connectivity index (χ1n) is 6.84. The first-order valence-corrected chi connectivity index (χ1v) is 7.88. The van der Waals surface area contributed by atoms with Gasteiger partial charge in [-0.15, -0.1) is 0 Å². The number of hydrogen-bond acceptors (Lipinski definition) is 3. The fourth-order valence-electron chi connectivity index (χ4n) is 2.26. The molecule has 0 aliphatic carbocycles. The summed E-state index contributed by atoms with van der Waals surface area (Å²) in [7, 11) is 0. The summed E-state index contributed by atoms with van der Waals surface area (Å²) < 4.78 is 14.0. The lowest BCUT2D eigenvalue weighted by molar-refractivity contribution is 0.0692. The molecule has 1 aromatic carbocycles. The standard InChI is InChI=1S/C15H18FNO3S/c1-9(2)13-8-17(5-6-21-13)14(18)11-4-3-10(15(19)20)7-12(11)16/h3-4,7,9,13H,5-6,8H2,1-2H3,(H,19,20). The van der Waals surface area contributed by atoms with Crippen molar-refractivity contribution in [1.29, 1.82) is 0 Å². The van der Waals surface area contributed by atoms with E-state index in [-0.39, 0.29) is 17.0 Å². The van der Waals surface area contributed by atoms with E-state index in [1.807, 2.05) is 11.8 Å². The van der Waals surface area contributed by atoms with E-state index in [0.29, 0.717) is 24.3 Å². The summed E-state index contributed by atoms with van der Waals surface area (Å²) in [5, 5.41) is 9.17. The zero-order chi connectivity index (χ0) is 15.6. The van der Waals surface area contributed by atoms with E-state index in [0.717, 1.165) is 11.8 Å². The maximum Gasteiger partial charge on any atom is 0.335 e. The Morgan fingerprint density at radius 1 is 1.43 bits per heavy atom. The molecule has 1 atom stereocenters. The molecule has 1 saturated heterocycles. The lowest BCUT2D eigenvalue weighted by atomic mass is 10.1. The smallest absolute Gasteiger partial charge is 0.335 e. The molecule has 0 bridgehead atoms. The minimum Gasteiger partial charge on any atom is -0.478 e. The molecule has 0 saturated carbocycles. The lowest BCUT2D eigenvalue weighted by Crippen LogP contribution is -2.43. The normalized spacial score (nSPS) is 18.9. The minimum absolute atomic E-state index is 0.0607. The zero-order valence-electron chi connectivity index (χ0n) is 12.0. The van der Waals surface area contributed by atoms with Crippen molar-refractivity contribution in [2.45, 2.75) is 19.1 Å². The summed E-state index contributed by atoms with van der Waals surface area (Å²) in [5.74, 6) is -1.06. The van der Waals surface area contributed by atoms with Crippen molar-refractivity contribution < 1.29 is 19.1 Å². The van der Waals surface area contributed by atoms with Crippen LogP contribution in [0.25, 0.3) is 0 Å². The second kappa shape index (κ2) is 6.47. The Morgan fingerprint density at radius 3 is 2.71 bits per heavy atom. The molecule has 4 nitrogen and oxygen atoms in total. The quantitative estimate of drug-likeness (QED) is 0.932. The van der Waals surface area contributed by atoms with Crippen LogP contribution in [0.1, 0.15) is 34.6 Å². The number of carboxylic acids is 1. The van der Waals surface area contributed by atoms with E-state index >= 15 is 0 Å². The summed E-state index contributed by atoms with van der Waals surface area (Å²) in [5.41, 5.74) is -0.215. The molecule has 21 heavy (non-hydrogen) atoms. The Balaban J connectivity index is 2.18. The molecule has 2 rings (SSSR count). The summed E-state index contributed by atoms with van der Waals surface area (Å²) in [6, 6.07) is 3.42. The van der Waals surface area contributed by atoms with E-state index in [4.69, 9.17) is 5.11 Å². The summed E-state index contributed by atoms with van der Waals surface area (Å²) in [6.45, 7) is 5.40. The van der Waals surface area contributed by atoms with Gasteiger partial charge in [-0.3, -0.25) is 4.79 Å². The van der Waals surface area contributed by atoms with Gasteiger partial charge < -0.3 is 10.0 Å². The number of carbonyl (C=O) groups is 2. The second-order valence-electron chi connectivity index (χ2n) is 5.40. The van der Waals surface area contributed by atoms with Crippen molar-refractivity contribution in [2.24, 2.45) is 5.92 Å². The highest BCUT2D eigenvalue weighted by Crippen LogP contribution is 2.26. The number of nitrogens with zero attached hydrogens (tertiary/aromatic N) is 1. The number of carbonyl (C=O) groups excluding carboxylic acids is 1. The van der Waals surface area contributed by atoms with Crippen LogP contribution in [0.3, 0.4) is 0 Å².